The molecular weight excluding hydrogens is 273 g/mol. The molecule has 7 heteroatoms. The van der Waals surface area contributed by atoms with Gasteiger partial charge in [-0.25, -0.2) is 9.97 Å². The zero-order valence-corrected chi connectivity index (χ0v) is 10.8. The van der Waals surface area contributed by atoms with E-state index in [-0.39, 0.29) is 5.95 Å². The van der Waals surface area contributed by atoms with Gasteiger partial charge < -0.3 is 5.73 Å². The third-order valence-electron chi connectivity index (χ3n) is 2.63. The Hall–Kier alpha value is -1.46. The lowest BCUT2D eigenvalue weighted by atomic mass is 10.3. The van der Waals surface area contributed by atoms with Crippen LogP contribution in [0.1, 0.15) is 24.6 Å². The predicted molar refractivity (Wildman–Crippen MR) is 69.5 cm³/mol. The number of rotatable bonds is 2. The number of nitrogens with two attached hydrogens (primary N) is 1. The van der Waals surface area contributed by atoms with E-state index in [0.29, 0.717) is 33.3 Å². The molecule has 1 aliphatic rings. The summed E-state index contributed by atoms with van der Waals surface area (Å²) < 4.78 is 0. The Balaban J connectivity index is 2.10. The van der Waals surface area contributed by atoms with Crippen LogP contribution in [0.3, 0.4) is 0 Å². The normalized spacial score (nSPS) is 14.8. The van der Waals surface area contributed by atoms with Crippen molar-refractivity contribution in [3.8, 4) is 11.5 Å². The predicted octanol–water partition coefficient (Wildman–Crippen LogP) is 2.70. The summed E-state index contributed by atoms with van der Waals surface area (Å²) in [6.07, 6.45) is 3.68. The van der Waals surface area contributed by atoms with Gasteiger partial charge in [0.2, 0.25) is 5.95 Å². The van der Waals surface area contributed by atoms with Crippen molar-refractivity contribution >= 4 is 29.2 Å². The van der Waals surface area contributed by atoms with Gasteiger partial charge in [-0.3, -0.25) is 0 Å². The highest BCUT2D eigenvalue weighted by molar-refractivity contribution is 6.35. The highest BCUT2D eigenvalue weighted by Crippen LogP contribution is 2.38. The van der Waals surface area contributed by atoms with E-state index in [4.69, 9.17) is 28.9 Å². The molecule has 1 aliphatic carbocycles. The van der Waals surface area contributed by atoms with Crippen molar-refractivity contribution in [2.45, 2.75) is 18.8 Å². The molecule has 18 heavy (non-hydrogen) atoms. The van der Waals surface area contributed by atoms with Crippen molar-refractivity contribution < 1.29 is 0 Å². The maximum Gasteiger partial charge on any atom is 0.223 e. The molecule has 0 aromatic carbocycles. The molecule has 0 amide bonds. The molecule has 0 spiro atoms. The number of anilines is 1. The Labute approximate surface area is 113 Å². The van der Waals surface area contributed by atoms with Gasteiger partial charge in [0.1, 0.15) is 11.5 Å². The van der Waals surface area contributed by atoms with Gasteiger partial charge in [-0.1, -0.05) is 23.2 Å². The highest BCUT2D eigenvalue weighted by atomic mass is 35.5. The molecule has 0 atom stereocenters. The first kappa shape index (κ1) is 11.6. The van der Waals surface area contributed by atoms with E-state index in [2.05, 4.69) is 19.9 Å². The van der Waals surface area contributed by atoms with Crippen molar-refractivity contribution in [1.29, 1.82) is 0 Å². The molecular formula is C11H9Cl2N5. The van der Waals surface area contributed by atoms with E-state index in [0.717, 1.165) is 12.8 Å². The Morgan fingerprint density at radius 1 is 1.17 bits per heavy atom. The van der Waals surface area contributed by atoms with E-state index in [1.807, 2.05) is 0 Å². The average Bonchev–Trinajstić information content (AvgIpc) is 3.11. The number of hydrogen-bond donors (Lipinski definition) is 1. The SMILES string of the molecule is Nc1nc(-c2ncc(Cl)cc2Cl)nc(C2CC2)n1. The largest absolute Gasteiger partial charge is 0.368 e. The maximum absolute atomic E-state index is 6.08. The molecule has 92 valence electrons. The molecule has 2 aromatic rings. The van der Waals surface area contributed by atoms with Crippen LogP contribution >= 0.6 is 23.2 Å². The number of hydrogen-bond acceptors (Lipinski definition) is 5. The van der Waals surface area contributed by atoms with Gasteiger partial charge in [-0.15, -0.1) is 0 Å². The second-order valence-electron chi connectivity index (χ2n) is 4.13. The molecule has 2 heterocycles. The molecule has 0 radical (unpaired) electrons. The van der Waals surface area contributed by atoms with Crippen LogP contribution < -0.4 is 5.73 Å². The van der Waals surface area contributed by atoms with Crippen LogP contribution in [0, 0.1) is 0 Å². The summed E-state index contributed by atoms with van der Waals surface area (Å²) in [5, 5.41) is 0.864. The summed E-state index contributed by atoms with van der Waals surface area (Å²) in [4.78, 5) is 16.7. The van der Waals surface area contributed by atoms with Crippen LogP contribution in [0.2, 0.25) is 10.0 Å². The van der Waals surface area contributed by atoms with Gasteiger partial charge in [0.15, 0.2) is 5.82 Å². The molecule has 0 bridgehead atoms. The number of halogens is 2. The van der Waals surface area contributed by atoms with E-state index in [9.17, 15) is 0 Å². The van der Waals surface area contributed by atoms with Gasteiger partial charge in [0.05, 0.1) is 10.0 Å². The molecule has 2 N–H and O–H groups in total. The number of pyridine rings is 1. The fourth-order valence-electron chi connectivity index (χ4n) is 1.62. The van der Waals surface area contributed by atoms with Gasteiger partial charge >= 0.3 is 0 Å². The lowest BCUT2D eigenvalue weighted by Gasteiger charge is -2.05. The molecule has 0 unspecified atom stereocenters. The van der Waals surface area contributed by atoms with Crippen molar-refractivity contribution in [3.63, 3.8) is 0 Å². The lowest BCUT2D eigenvalue weighted by molar-refractivity contribution is 0.898. The molecule has 0 aliphatic heterocycles. The molecule has 2 aromatic heterocycles. The first-order valence-corrected chi connectivity index (χ1v) is 6.22. The Bertz CT molecular complexity index is 612. The van der Waals surface area contributed by atoms with Gasteiger partial charge in [0, 0.05) is 12.1 Å². The minimum absolute atomic E-state index is 0.190. The minimum atomic E-state index is 0.190. The van der Waals surface area contributed by atoms with Crippen LogP contribution in [0.25, 0.3) is 11.5 Å². The van der Waals surface area contributed by atoms with E-state index < -0.39 is 0 Å². The minimum Gasteiger partial charge on any atom is -0.368 e. The first-order valence-electron chi connectivity index (χ1n) is 5.46. The monoisotopic (exact) mass is 281 g/mol. The first-order chi connectivity index (χ1) is 8.63. The van der Waals surface area contributed by atoms with Crippen molar-refractivity contribution in [3.05, 3.63) is 28.1 Å². The number of aromatic nitrogens is 4. The molecule has 0 saturated heterocycles. The van der Waals surface area contributed by atoms with Gasteiger partial charge in [-0.05, 0) is 18.9 Å². The topological polar surface area (TPSA) is 77.6 Å². The quantitative estimate of drug-likeness (QED) is 0.916. The van der Waals surface area contributed by atoms with Crippen LogP contribution in [-0.4, -0.2) is 19.9 Å². The van der Waals surface area contributed by atoms with E-state index in [1.165, 1.54) is 6.20 Å². The zero-order chi connectivity index (χ0) is 12.7. The van der Waals surface area contributed by atoms with E-state index >= 15 is 0 Å². The van der Waals surface area contributed by atoms with Crippen LogP contribution in [0.5, 0.6) is 0 Å². The zero-order valence-electron chi connectivity index (χ0n) is 9.27. The van der Waals surface area contributed by atoms with Crippen molar-refractivity contribution in [1.82, 2.24) is 19.9 Å². The standard InChI is InChI=1S/C11H9Cl2N5/c12-6-3-7(13)8(15-4-6)10-16-9(5-1-2-5)17-11(14)18-10/h3-5H,1-2H2,(H2,14,16,17,18). The fraction of sp³-hybridized carbons (Fsp3) is 0.273. The summed E-state index contributed by atoms with van der Waals surface area (Å²) in [7, 11) is 0. The van der Waals surface area contributed by atoms with Crippen LogP contribution in [0.15, 0.2) is 12.3 Å². The van der Waals surface area contributed by atoms with Crippen LogP contribution in [-0.2, 0) is 0 Å². The summed E-state index contributed by atoms with van der Waals surface area (Å²) in [6, 6.07) is 1.60. The molecule has 3 rings (SSSR count). The Morgan fingerprint density at radius 2 is 1.94 bits per heavy atom. The third-order valence-corrected chi connectivity index (χ3v) is 3.13. The molecule has 1 fully saturated rings. The average molecular weight is 282 g/mol. The van der Waals surface area contributed by atoms with Gasteiger partial charge in [0.25, 0.3) is 0 Å². The third kappa shape index (κ3) is 2.23. The summed E-state index contributed by atoms with van der Waals surface area (Å²) >= 11 is 11.9. The number of nitrogen functional groups attached to an aromatic ring is 1. The van der Waals surface area contributed by atoms with Crippen molar-refractivity contribution in [2.24, 2.45) is 0 Å². The fourth-order valence-corrected chi connectivity index (χ4v) is 2.08. The second-order valence-corrected chi connectivity index (χ2v) is 4.98. The Kier molecular flexibility index (Phi) is 2.80. The molecule has 1 saturated carbocycles. The summed E-state index contributed by atoms with van der Waals surface area (Å²) in [5.74, 6) is 1.69. The second kappa shape index (κ2) is 4.33. The summed E-state index contributed by atoms with van der Waals surface area (Å²) in [6.45, 7) is 0. The lowest BCUT2D eigenvalue weighted by Crippen LogP contribution is -2.05. The maximum atomic E-state index is 6.08. The van der Waals surface area contributed by atoms with Crippen LogP contribution in [0.4, 0.5) is 5.95 Å². The number of nitrogens with zero attached hydrogens (tertiary/aromatic N) is 4. The summed E-state index contributed by atoms with van der Waals surface area (Å²) in [5.41, 5.74) is 6.15. The van der Waals surface area contributed by atoms with E-state index in [1.54, 1.807) is 6.07 Å². The highest BCUT2D eigenvalue weighted by Gasteiger charge is 2.28. The van der Waals surface area contributed by atoms with Crippen molar-refractivity contribution in [2.75, 3.05) is 5.73 Å². The molecule has 5 nitrogen and oxygen atoms in total. The smallest absolute Gasteiger partial charge is 0.223 e. The van der Waals surface area contributed by atoms with Gasteiger partial charge in [-0.2, -0.15) is 9.97 Å². The Morgan fingerprint density at radius 3 is 2.61 bits per heavy atom.